The maximum absolute atomic E-state index is 5.78. The number of alkyl halides is 1. The van der Waals surface area contributed by atoms with Gasteiger partial charge in [0.15, 0.2) is 11.5 Å². The Hall–Kier alpha value is -1.19. The lowest BCUT2D eigenvalue weighted by molar-refractivity contribution is 0.297. The van der Waals surface area contributed by atoms with Gasteiger partial charge in [-0.15, -0.1) is 11.6 Å². The van der Waals surface area contributed by atoms with Gasteiger partial charge in [0.2, 0.25) is 0 Å². The summed E-state index contributed by atoms with van der Waals surface area (Å²) < 4.78 is 11.0. The van der Waals surface area contributed by atoms with Crippen molar-refractivity contribution >= 4 is 22.9 Å². The molecule has 96 valence electrons. The van der Waals surface area contributed by atoms with Crippen LogP contribution in [-0.2, 0) is 12.3 Å². The first kappa shape index (κ1) is 13.2. The monoisotopic (exact) mass is 282 g/mol. The molecule has 2 rings (SSSR count). The van der Waals surface area contributed by atoms with E-state index in [1.807, 2.05) is 18.2 Å². The summed E-state index contributed by atoms with van der Waals surface area (Å²) in [4.78, 5) is 0. The maximum atomic E-state index is 5.78. The summed E-state index contributed by atoms with van der Waals surface area (Å²) in [5.74, 6) is 1.98. The third-order valence-corrected chi connectivity index (χ3v) is 3.65. The maximum Gasteiger partial charge on any atom is 0.161 e. The molecule has 1 aromatic heterocycles. The molecule has 18 heavy (non-hydrogen) atoms. The van der Waals surface area contributed by atoms with Gasteiger partial charge in [-0.05, 0) is 40.1 Å². The minimum absolute atomic E-state index is 0.478. The average molecular weight is 283 g/mol. The summed E-state index contributed by atoms with van der Waals surface area (Å²) in [5, 5.41) is 4.21. The van der Waals surface area contributed by atoms with Gasteiger partial charge in [0.05, 0.1) is 13.7 Å². The number of thiophene rings is 1. The number of hydrogen-bond acceptors (Lipinski definition) is 3. The molecule has 0 saturated heterocycles. The zero-order chi connectivity index (χ0) is 12.8. The molecule has 2 aromatic rings. The third kappa shape index (κ3) is 3.40. The van der Waals surface area contributed by atoms with E-state index in [2.05, 4.69) is 16.8 Å². The second-order valence-corrected chi connectivity index (χ2v) is 4.90. The molecule has 0 aliphatic heterocycles. The fourth-order valence-corrected chi connectivity index (χ4v) is 2.50. The van der Waals surface area contributed by atoms with Gasteiger partial charge < -0.3 is 9.47 Å². The Balaban J connectivity index is 1.96. The van der Waals surface area contributed by atoms with Crippen LogP contribution in [0.15, 0.2) is 35.0 Å². The molecule has 0 amide bonds. The zero-order valence-electron chi connectivity index (χ0n) is 10.2. The molecule has 2 nitrogen and oxygen atoms in total. The second-order valence-electron chi connectivity index (χ2n) is 3.85. The molecule has 0 aliphatic carbocycles. The van der Waals surface area contributed by atoms with Crippen LogP contribution in [0.4, 0.5) is 0 Å². The van der Waals surface area contributed by atoms with Crippen LogP contribution < -0.4 is 9.47 Å². The van der Waals surface area contributed by atoms with Crippen molar-refractivity contribution in [2.45, 2.75) is 12.3 Å². The number of benzene rings is 1. The van der Waals surface area contributed by atoms with Crippen molar-refractivity contribution in [2.24, 2.45) is 0 Å². The van der Waals surface area contributed by atoms with E-state index in [1.54, 1.807) is 18.4 Å². The van der Waals surface area contributed by atoms with Crippen molar-refractivity contribution in [3.63, 3.8) is 0 Å². The van der Waals surface area contributed by atoms with Crippen LogP contribution in [0.2, 0.25) is 0 Å². The predicted molar refractivity (Wildman–Crippen MR) is 76.1 cm³/mol. The van der Waals surface area contributed by atoms with Crippen LogP contribution in [0.25, 0.3) is 0 Å². The second kappa shape index (κ2) is 6.66. The minimum atomic E-state index is 0.478. The van der Waals surface area contributed by atoms with E-state index >= 15 is 0 Å². The van der Waals surface area contributed by atoms with E-state index in [0.29, 0.717) is 12.5 Å². The van der Waals surface area contributed by atoms with Crippen LogP contribution in [0.1, 0.15) is 11.1 Å². The highest BCUT2D eigenvalue weighted by Gasteiger charge is 2.05. The highest BCUT2D eigenvalue weighted by Crippen LogP contribution is 2.28. The van der Waals surface area contributed by atoms with E-state index in [-0.39, 0.29) is 0 Å². The first-order valence-corrected chi connectivity index (χ1v) is 7.18. The molecule has 0 atom stereocenters. The van der Waals surface area contributed by atoms with Crippen molar-refractivity contribution < 1.29 is 9.47 Å². The number of ether oxygens (including phenoxy) is 2. The Morgan fingerprint density at radius 3 is 2.72 bits per heavy atom. The van der Waals surface area contributed by atoms with E-state index < -0.39 is 0 Å². The molecule has 0 N–H and O–H groups in total. The topological polar surface area (TPSA) is 18.5 Å². The van der Waals surface area contributed by atoms with Gasteiger partial charge >= 0.3 is 0 Å². The SMILES string of the molecule is COc1cc(CCl)ccc1OCCc1ccsc1. The summed E-state index contributed by atoms with van der Waals surface area (Å²) >= 11 is 7.49. The summed E-state index contributed by atoms with van der Waals surface area (Å²) in [6.45, 7) is 0.646. The first-order valence-electron chi connectivity index (χ1n) is 5.70. The van der Waals surface area contributed by atoms with Crippen molar-refractivity contribution in [1.82, 2.24) is 0 Å². The molecular weight excluding hydrogens is 268 g/mol. The summed E-state index contributed by atoms with van der Waals surface area (Å²) in [5.41, 5.74) is 2.33. The Bertz CT molecular complexity index is 483. The molecule has 0 unspecified atom stereocenters. The number of hydrogen-bond donors (Lipinski definition) is 0. The quantitative estimate of drug-likeness (QED) is 0.742. The smallest absolute Gasteiger partial charge is 0.161 e. The largest absolute Gasteiger partial charge is 0.493 e. The molecule has 4 heteroatoms. The summed E-state index contributed by atoms with van der Waals surface area (Å²) in [6, 6.07) is 7.88. The van der Waals surface area contributed by atoms with Crippen LogP contribution in [-0.4, -0.2) is 13.7 Å². The standard InChI is InChI=1S/C14H15ClO2S/c1-16-14-8-12(9-15)2-3-13(14)17-6-4-11-5-7-18-10-11/h2-3,5,7-8,10H,4,6,9H2,1H3. The molecule has 0 spiro atoms. The van der Waals surface area contributed by atoms with Gasteiger partial charge in [-0.2, -0.15) is 11.3 Å². The molecule has 1 aromatic carbocycles. The Morgan fingerprint density at radius 1 is 1.17 bits per heavy atom. The van der Waals surface area contributed by atoms with Crippen LogP contribution >= 0.6 is 22.9 Å². The Morgan fingerprint density at radius 2 is 2.06 bits per heavy atom. The molecule has 0 saturated carbocycles. The van der Waals surface area contributed by atoms with E-state index in [9.17, 15) is 0 Å². The van der Waals surface area contributed by atoms with Crippen molar-refractivity contribution in [3.8, 4) is 11.5 Å². The minimum Gasteiger partial charge on any atom is -0.493 e. The normalized spacial score (nSPS) is 10.3. The van der Waals surface area contributed by atoms with Gasteiger partial charge in [0.1, 0.15) is 0 Å². The van der Waals surface area contributed by atoms with E-state index in [4.69, 9.17) is 21.1 Å². The highest BCUT2D eigenvalue weighted by atomic mass is 35.5. The Kier molecular flexibility index (Phi) is 4.90. The number of halogens is 1. The average Bonchev–Trinajstić information content (AvgIpc) is 2.92. The van der Waals surface area contributed by atoms with Gasteiger partial charge in [0.25, 0.3) is 0 Å². The fourth-order valence-electron chi connectivity index (χ4n) is 1.63. The van der Waals surface area contributed by atoms with Crippen molar-refractivity contribution in [3.05, 3.63) is 46.2 Å². The first-order chi connectivity index (χ1) is 8.83. The van der Waals surface area contributed by atoms with Crippen molar-refractivity contribution in [2.75, 3.05) is 13.7 Å². The molecule has 0 aliphatic rings. The summed E-state index contributed by atoms with van der Waals surface area (Å²) in [6.07, 6.45) is 0.907. The third-order valence-electron chi connectivity index (χ3n) is 2.61. The molecule has 0 fully saturated rings. The van der Waals surface area contributed by atoms with Crippen molar-refractivity contribution in [1.29, 1.82) is 0 Å². The number of methoxy groups -OCH3 is 1. The van der Waals surface area contributed by atoms with Gasteiger partial charge in [-0.25, -0.2) is 0 Å². The Labute approximate surface area is 116 Å². The van der Waals surface area contributed by atoms with E-state index in [1.165, 1.54) is 5.56 Å². The lowest BCUT2D eigenvalue weighted by atomic mass is 10.2. The lowest BCUT2D eigenvalue weighted by Crippen LogP contribution is -2.02. The van der Waals surface area contributed by atoms with Gasteiger partial charge in [-0.3, -0.25) is 0 Å². The zero-order valence-corrected chi connectivity index (χ0v) is 11.8. The summed E-state index contributed by atoms with van der Waals surface area (Å²) in [7, 11) is 1.64. The van der Waals surface area contributed by atoms with Gasteiger partial charge in [-0.1, -0.05) is 6.07 Å². The van der Waals surface area contributed by atoms with Gasteiger partial charge in [0, 0.05) is 12.3 Å². The van der Waals surface area contributed by atoms with Crippen LogP contribution in [0, 0.1) is 0 Å². The highest BCUT2D eigenvalue weighted by molar-refractivity contribution is 7.07. The fraction of sp³-hybridized carbons (Fsp3) is 0.286. The molecule has 0 radical (unpaired) electrons. The lowest BCUT2D eigenvalue weighted by Gasteiger charge is -2.11. The predicted octanol–water partition coefficient (Wildman–Crippen LogP) is 4.12. The molecule has 0 bridgehead atoms. The van der Waals surface area contributed by atoms with Crippen LogP contribution in [0.3, 0.4) is 0 Å². The van der Waals surface area contributed by atoms with E-state index in [0.717, 1.165) is 23.5 Å². The number of rotatable bonds is 6. The van der Waals surface area contributed by atoms with Crippen LogP contribution in [0.5, 0.6) is 11.5 Å². The molecule has 1 heterocycles. The molecular formula is C14H15ClO2S.